The second kappa shape index (κ2) is 10.2. The van der Waals surface area contributed by atoms with E-state index in [1.54, 1.807) is 6.92 Å². The lowest BCUT2D eigenvalue weighted by molar-refractivity contribution is -0.143. The van der Waals surface area contributed by atoms with Crippen LogP contribution >= 0.6 is 11.3 Å². The second-order valence-electron chi connectivity index (χ2n) is 6.95. The molecule has 0 bridgehead atoms. The van der Waals surface area contributed by atoms with Crippen molar-refractivity contribution in [3.8, 4) is 11.1 Å². The fourth-order valence-corrected chi connectivity index (χ4v) is 3.98. The molecule has 1 amide bonds. The molecule has 158 valence electrons. The largest absolute Gasteiger partial charge is 0.466 e. The topological polar surface area (TPSA) is 90.3 Å². The van der Waals surface area contributed by atoms with Crippen LogP contribution in [0.5, 0.6) is 0 Å². The molecule has 0 aliphatic carbocycles. The van der Waals surface area contributed by atoms with Crippen LogP contribution in [0.15, 0.2) is 40.8 Å². The van der Waals surface area contributed by atoms with Crippen LogP contribution in [-0.2, 0) is 20.9 Å². The molecule has 30 heavy (non-hydrogen) atoms. The lowest BCUT2D eigenvalue weighted by Gasteiger charge is -2.08. The van der Waals surface area contributed by atoms with Gasteiger partial charge < -0.3 is 10.1 Å². The number of aromatic nitrogens is 2. The predicted molar refractivity (Wildman–Crippen MR) is 118 cm³/mol. The molecule has 1 aromatic carbocycles. The maximum atomic E-state index is 13.0. The Morgan fingerprint density at radius 1 is 1.20 bits per heavy atom. The SMILES string of the molecule is CCOC(=O)CCCNC(=O)CCn1cnc2scc(-c3ccc(C)cc3)c2c1=O. The summed E-state index contributed by atoms with van der Waals surface area (Å²) in [6, 6.07) is 8.02. The molecule has 0 fully saturated rings. The summed E-state index contributed by atoms with van der Waals surface area (Å²) in [4.78, 5) is 41.5. The maximum absolute atomic E-state index is 13.0. The molecule has 3 aromatic rings. The Morgan fingerprint density at radius 3 is 2.70 bits per heavy atom. The molecular formula is C22H25N3O4S. The van der Waals surface area contributed by atoms with Crippen molar-refractivity contribution < 1.29 is 14.3 Å². The van der Waals surface area contributed by atoms with Crippen molar-refractivity contribution in [1.82, 2.24) is 14.9 Å². The number of amides is 1. The van der Waals surface area contributed by atoms with E-state index in [9.17, 15) is 14.4 Å². The maximum Gasteiger partial charge on any atom is 0.305 e. The normalized spacial score (nSPS) is 10.9. The standard InChI is InChI=1S/C22H25N3O4S/c1-3-29-19(27)5-4-11-23-18(26)10-12-25-14-24-21-20(22(25)28)17(13-30-21)16-8-6-15(2)7-9-16/h6-9,13-14H,3-5,10-12H2,1-2H3,(H,23,26). The predicted octanol–water partition coefficient (Wildman–Crippen LogP) is 3.28. The molecule has 2 aromatic heterocycles. The third kappa shape index (κ3) is 5.33. The van der Waals surface area contributed by atoms with Gasteiger partial charge in [-0.25, -0.2) is 4.98 Å². The summed E-state index contributed by atoms with van der Waals surface area (Å²) >= 11 is 1.44. The number of nitrogens with one attached hydrogen (secondary N) is 1. The number of fused-ring (bicyclic) bond motifs is 1. The van der Waals surface area contributed by atoms with E-state index in [-0.39, 0.29) is 36.8 Å². The van der Waals surface area contributed by atoms with Crippen LogP contribution < -0.4 is 10.9 Å². The smallest absolute Gasteiger partial charge is 0.305 e. The van der Waals surface area contributed by atoms with E-state index in [0.717, 1.165) is 16.7 Å². The van der Waals surface area contributed by atoms with Crippen LogP contribution in [0.2, 0.25) is 0 Å². The van der Waals surface area contributed by atoms with Crippen LogP contribution in [0.1, 0.15) is 31.7 Å². The quantitative estimate of drug-likeness (QED) is 0.418. The number of ether oxygens (including phenoxy) is 1. The zero-order valence-corrected chi connectivity index (χ0v) is 18.0. The summed E-state index contributed by atoms with van der Waals surface area (Å²) in [5, 5.41) is 5.30. The van der Waals surface area contributed by atoms with Gasteiger partial charge in [0.2, 0.25) is 5.91 Å². The molecule has 8 heteroatoms. The molecule has 0 spiro atoms. The number of nitrogens with zero attached hydrogens (tertiary/aromatic N) is 2. The molecule has 0 atom stereocenters. The van der Waals surface area contributed by atoms with Gasteiger partial charge in [0.05, 0.1) is 18.3 Å². The third-order valence-electron chi connectivity index (χ3n) is 4.69. The van der Waals surface area contributed by atoms with Gasteiger partial charge in [-0.3, -0.25) is 19.0 Å². The van der Waals surface area contributed by atoms with Crippen LogP contribution in [0, 0.1) is 6.92 Å². The zero-order chi connectivity index (χ0) is 21.5. The van der Waals surface area contributed by atoms with Crippen molar-refractivity contribution >= 4 is 33.4 Å². The molecule has 0 radical (unpaired) electrons. The molecule has 0 aliphatic heterocycles. The molecule has 0 unspecified atom stereocenters. The molecular weight excluding hydrogens is 402 g/mol. The summed E-state index contributed by atoms with van der Waals surface area (Å²) in [6.07, 6.45) is 2.45. The summed E-state index contributed by atoms with van der Waals surface area (Å²) in [6.45, 7) is 4.77. The Hall–Kier alpha value is -3.00. The number of carbonyl (C=O) groups is 2. The second-order valence-corrected chi connectivity index (χ2v) is 7.81. The van der Waals surface area contributed by atoms with Crippen LogP contribution in [0.3, 0.4) is 0 Å². The minimum Gasteiger partial charge on any atom is -0.466 e. The van der Waals surface area contributed by atoms with E-state index in [2.05, 4.69) is 10.3 Å². The number of thiophene rings is 1. The van der Waals surface area contributed by atoms with Crippen LogP contribution in [0.4, 0.5) is 0 Å². The highest BCUT2D eigenvalue weighted by Crippen LogP contribution is 2.30. The summed E-state index contributed by atoms with van der Waals surface area (Å²) in [7, 11) is 0. The van der Waals surface area contributed by atoms with Gasteiger partial charge in [-0.05, 0) is 25.8 Å². The van der Waals surface area contributed by atoms with Crippen molar-refractivity contribution in [2.24, 2.45) is 0 Å². The third-order valence-corrected chi connectivity index (χ3v) is 5.57. The number of aryl methyl sites for hydroxylation is 2. The Morgan fingerprint density at radius 2 is 1.97 bits per heavy atom. The Balaban J connectivity index is 1.63. The molecule has 2 heterocycles. The van der Waals surface area contributed by atoms with Crippen molar-refractivity contribution in [2.75, 3.05) is 13.2 Å². The molecule has 1 N–H and O–H groups in total. The minimum atomic E-state index is -0.266. The monoisotopic (exact) mass is 427 g/mol. The molecule has 0 saturated carbocycles. The first kappa shape index (κ1) is 21.7. The van der Waals surface area contributed by atoms with Crippen LogP contribution in [-0.4, -0.2) is 34.6 Å². The molecule has 7 nitrogen and oxygen atoms in total. The summed E-state index contributed by atoms with van der Waals surface area (Å²) in [5.74, 6) is -0.437. The average molecular weight is 428 g/mol. The van der Waals surface area contributed by atoms with E-state index < -0.39 is 0 Å². The lowest BCUT2D eigenvalue weighted by Crippen LogP contribution is -2.28. The van der Waals surface area contributed by atoms with Gasteiger partial charge in [-0.1, -0.05) is 29.8 Å². The van der Waals surface area contributed by atoms with E-state index in [1.807, 2.05) is 36.6 Å². The van der Waals surface area contributed by atoms with Gasteiger partial charge in [0, 0.05) is 36.9 Å². The Bertz CT molecular complexity index is 1090. The average Bonchev–Trinajstić information content (AvgIpc) is 3.16. The first-order valence-electron chi connectivity index (χ1n) is 9.95. The molecule has 3 rings (SSSR count). The van der Waals surface area contributed by atoms with E-state index in [1.165, 1.54) is 22.2 Å². The minimum absolute atomic E-state index is 0.146. The van der Waals surface area contributed by atoms with Crippen molar-refractivity contribution in [3.05, 3.63) is 51.9 Å². The Kier molecular flexibility index (Phi) is 7.35. The highest BCUT2D eigenvalue weighted by Gasteiger charge is 2.14. The number of carbonyl (C=O) groups excluding carboxylic acids is 2. The summed E-state index contributed by atoms with van der Waals surface area (Å²) < 4.78 is 6.32. The fourth-order valence-electron chi connectivity index (χ4n) is 3.08. The highest BCUT2D eigenvalue weighted by molar-refractivity contribution is 7.17. The molecule has 0 aliphatic rings. The lowest BCUT2D eigenvalue weighted by atomic mass is 10.1. The number of hydrogen-bond acceptors (Lipinski definition) is 6. The van der Waals surface area contributed by atoms with Crippen LogP contribution in [0.25, 0.3) is 21.3 Å². The number of rotatable bonds is 9. The van der Waals surface area contributed by atoms with Crippen molar-refractivity contribution in [2.45, 2.75) is 39.7 Å². The van der Waals surface area contributed by atoms with E-state index in [0.29, 0.717) is 29.8 Å². The molecule has 0 saturated heterocycles. The van der Waals surface area contributed by atoms with Gasteiger partial charge in [-0.15, -0.1) is 11.3 Å². The van der Waals surface area contributed by atoms with Gasteiger partial charge in [0.15, 0.2) is 0 Å². The van der Waals surface area contributed by atoms with E-state index >= 15 is 0 Å². The van der Waals surface area contributed by atoms with Gasteiger partial charge in [0.25, 0.3) is 5.56 Å². The van der Waals surface area contributed by atoms with Crippen molar-refractivity contribution in [1.29, 1.82) is 0 Å². The van der Waals surface area contributed by atoms with E-state index in [4.69, 9.17) is 4.74 Å². The summed E-state index contributed by atoms with van der Waals surface area (Å²) in [5.41, 5.74) is 2.85. The fraction of sp³-hybridized carbons (Fsp3) is 0.364. The number of hydrogen-bond donors (Lipinski definition) is 1. The first-order valence-corrected chi connectivity index (χ1v) is 10.8. The highest BCUT2D eigenvalue weighted by atomic mass is 32.1. The number of benzene rings is 1. The van der Waals surface area contributed by atoms with Crippen molar-refractivity contribution in [3.63, 3.8) is 0 Å². The van der Waals surface area contributed by atoms with Gasteiger partial charge >= 0.3 is 5.97 Å². The zero-order valence-electron chi connectivity index (χ0n) is 17.1. The van der Waals surface area contributed by atoms with Gasteiger partial charge in [0.1, 0.15) is 4.83 Å². The first-order chi connectivity index (χ1) is 14.5. The Labute approximate surface area is 178 Å². The number of esters is 1. The van der Waals surface area contributed by atoms with Gasteiger partial charge in [-0.2, -0.15) is 0 Å².